The number of aromatic amines is 1. The largest absolute Gasteiger partial charge is 0.401 e. The molecule has 8 heteroatoms. The molecule has 3 rings (SSSR count). The van der Waals surface area contributed by atoms with Gasteiger partial charge in [0.1, 0.15) is 0 Å². The molecule has 0 aliphatic carbocycles. The number of guanidine groups is 1. The van der Waals surface area contributed by atoms with Crippen LogP contribution in [0.25, 0.3) is 10.9 Å². The third kappa shape index (κ3) is 6.66. The van der Waals surface area contributed by atoms with E-state index < -0.39 is 12.7 Å². The Morgan fingerprint density at radius 3 is 2.62 bits per heavy atom. The third-order valence-corrected chi connectivity index (χ3v) is 5.54. The maximum Gasteiger partial charge on any atom is 0.401 e. The molecule has 1 aliphatic heterocycles. The van der Waals surface area contributed by atoms with Gasteiger partial charge >= 0.3 is 6.18 Å². The number of nitrogens with zero attached hydrogens (tertiary/aromatic N) is 2. The SMILES string of the molecule is CN=C(NCCc1c[nH]c2ccccc12)NCCC1CCN(CC(F)(F)F)CC1. The lowest BCUT2D eigenvalue weighted by molar-refractivity contribution is -0.148. The Kier molecular flexibility index (Phi) is 7.41. The first-order valence-electron chi connectivity index (χ1n) is 10.2. The lowest BCUT2D eigenvalue weighted by atomic mass is 9.93. The van der Waals surface area contributed by atoms with Gasteiger partial charge < -0.3 is 15.6 Å². The molecule has 0 bridgehead atoms. The van der Waals surface area contributed by atoms with Crippen molar-refractivity contribution in [2.75, 3.05) is 39.8 Å². The fraction of sp³-hybridized carbons (Fsp3) is 0.571. The second-order valence-electron chi connectivity index (χ2n) is 7.66. The van der Waals surface area contributed by atoms with E-state index in [2.05, 4.69) is 32.7 Å². The third-order valence-electron chi connectivity index (χ3n) is 5.54. The zero-order valence-electron chi connectivity index (χ0n) is 16.9. The van der Waals surface area contributed by atoms with Gasteiger partial charge in [-0.1, -0.05) is 18.2 Å². The minimum Gasteiger partial charge on any atom is -0.361 e. The Balaban J connectivity index is 1.33. The molecule has 1 aromatic heterocycles. The first kappa shape index (κ1) is 21.5. The second-order valence-corrected chi connectivity index (χ2v) is 7.66. The quantitative estimate of drug-likeness (QED) is 0.484. The Labute approximate surface area is 169 Å². The molecule has 29 heavy (non-hydrogen) atoms. The lowest BCUT2D eigenvalue weighted by Gasteiger charge is -2.32. The van der Waals surface area contributed by atoms with Gasteiger partial charge in [-0.2, -0.15) is 13.2 Å². The van der Waals surface area contributed by atoms with Crippen LogP contribution in [0.1, 0.15) is 24.8 Å². The number of likely N-dealkylation sites (tertiary alicyclic amines) is 1. The topological polar surface area (TPSA) is 55.5 Å². The zero-order chi connectivity index (χ0) is 20.7. The maximum atomic E-state index is 12.5. The Hall–Kier alpha value is -2.22. The summed E-state index contributed by atoms with van der Waals surface area (Å²) >= 11 is 0. The van der Waals surface area contributed by atoms with E-state index in [1.165, 1.54) is 15.8 Å². The van der Waals surface area contributed by atoms with Gasteiger partial charge in [0.25, 0.3) is 0 Å². The molecule has 1 saturated heterocycles. The fourth-order valence-corrected chi connectivity index (χ4v) is 3.96. The molecule has 0 saturated carbocycles. The van der Waals surface area contributed by atoms with E-state index in [1.807, 2.05) is 18.3 Å². The highest BCUT2D eigenvalue weighted by Crippen LogP contribution is 2.24. The second kappa shape index (κ2) is 10.0. The van der Waals surface area contributed by atoms with E-state index in [0.717, 1.165) is 50.2 Å². The number of aromatic nitrogens is 1. The summed E-state index contributed by atoms with van der Waals surface area (Å²) in [6, 6.07) is 8.25. The average Bonchev–Trinajstić information content (AvgIpc) is 3.10. The summed E-state index contributed by atoms with van der Waals surface area (Å²) < 4.78 is 37.4. The summed E-state index contributed by atoms with van der Waals surface area (Å²) in [6.07, 6.45) is 1.44. The predicted octanol–water partition coefficient (Wildman–Crippen LogP) is 3.54. The molecule has 5 nitrogen and oxygen atoms in total. The molecule has 0 radical (unpaired) electrons. The first-order valence-corrected chi connectivity index (χ1v) is 10.2. The monoisotopic (exact) mass is 409 g/mol. The Morgan fingerprint density at radius 2 is 1.90 bits per heavy atom. The highest BCUT2D eigenvalue weighted by Gasteiger charge is 2.32. The van der Waals surface area contributed by atoms with Crippen molar-refractivity contribution < 1.29 is 13.2 Å². The molecule has 1 aliphatic rings. The highest BCUT2D eigenvalue weighted by molar-refractivity contribution is 5.83. The van der Waals surface area contributed by atoms with E-state index in [1.54, 1.807) is 7.05 Å². The Bertz CT molecular complexity index is 791. The number of para-hydroxylation sites is 1. The predicted molar refractivity (Wildman–Crippen MR) is 111 cm³/mol. The van der Waals surface area contributed by atoms with Gasteiger partial charge in [0.15, 0.2) is 5.96 Å². The van der Waals surface area contributed by atoms with Crippen molar-refractivity contribution in [1.82, 2.24) is 20.5 Å². The summed E-state index contributed by atoms with van der Waals surface area (Å²) in [5.41, 5.74) is 2.42. The summed E-state index contributed by atoms with van der Waals surface area (Å²) in [6.45, 7) is 1.82. The average molecular weight is 410 g/mol. The minimum absolute atomic E-state index is 0.469. The zero-order valence-corrected chi connectivity index (χ0v) is 16.9. The Morgan fingerprint density at radius 1 is 1.17 bits per heavy atom. The number of rotatable bonds is 7. The van der Waals surface area contributed by atoms with Crippen LogP contribution in [0.2, 0.25) is 0 Å². The van der Waals surface area contributed by atoms with Crippen molar-refractivity contribution in [3.63, 3.8) is 0 Å². The molecule has 0 amide bonds. The van der Waals surface area contributed by atoms with Crippen LogP contribution in [-0.2, 0) is 6.42 Å². The van der Waals surface area contributed by atoms with Crippen LogP contribution in [0.5, 0.6) is 0 Å². The molecule has 2 aromatic rings. The number of hydrogen-bond acceptors (Lipinski definition) is 2. The van der Waals surface area contributed by atoms with E-state index in [0.29, 0.717) is 19.0 Å². The minimum atomic E-state index is -4.10. The maximum absolute atomic E-state index is 12.5. The van der Waals surface area contributed by atoms with Gasteiger partial charge in [0.2, 0.25) is 0 Å². The molecule has 2 heterocycles. The normalized spacial score (nSPS) is 17.0. The first-order chi connectivity index (χ1) is 13.9. The fourth-order valence-electron chi connectivity index (χ4n) is 3.96. The molecular formula is C21H30F3N5. The molecule has 0 unspecified atom stereocenters. The number of aliphatic imine (C=N–C) groups is 1. The van der Waals surface area contributed by atoms with Crippen molar-refractivity contribution >= 4 is 16.9 Å². The van der Waals surface area contributed by atoms with Crippen LogP contribution >= 0.6 is 0 Å². The number of alkyl halides is 3. The van der Waals surface area contributed by atoms with Crippen molar-refractivity contribution in [2.24, 2.45) is 10.9 Å². The summed E-state index contributed by atoms with van der Waals surface area (Å²) in [7, 11) is 1.75. The van der Waals surface area contributed by atoms with Crippen molar-refractivity contribution in [3.05, 3.63) is 36.0 Å². The standard InChI is InChI=1S/C21H30F3N5/c1-25-20(27-11-7-17-14-28-19-5-3-2-4-18(17)19)26-10-6-16-8-12-29(13-9-16)15-21(22,23)24/h2-5,14,16,28H,6-13,15H2,1H3,(H2,25,26,27). The summed E-state index contributed by atoms with van der Waals surface area (Å²) in [5, 5.41) is 7.90. The van der Waals surface area contributed by atoms with E-state index >= 15 is 0 Å². The number of nitrogens with one attached hydrogen (secondary N) is 3. The van der Waals surface area contributed by atoms with Crippen molar-refractivity contribution in [3.8, 4) is 0 Å². The van der Waals surface area contributed by atoms with Crippen molar-refractivity contribution in [1.29, 1.82) is 0 Å². The number of piperidine rings is 1. The van der Waals surface area contributed by atoms with Crippen LogP contribution in [0.3, 0.4) is 0 Å². The highest BCUT2D eigenvalue weighted by atomic mass is 19.4. The van der Waals surface area contributed by atoms with E-state index in [9.17, 15) is 13.2 Å². The van der Waals surface area contributed by atoms with Gasteiger partial charge in [-0.15, -0.1) is 0 Å². The van der Waals surface area contributed by atoms with Crippen LogP contribution in [0, 0.1) is 5.92 Å². The number of hydrogen-bond donors (Lipinski definition) is 3. The molecule has 1 fully saturated rings. The van der Waals surface area contributed by atoms with Crippen LogP contribution in [-0.4, -0.2) is 61.8 Å². The van der Waals surface area contributed by atoms with Gasteiger partial charge in [0, 0.05) is 37.2 Å². The van der Waals surface area contributed by atoms with Gasteiger partial charge in [0.05, 0.1) is 6.54 Å². The molecule has 160 valence electrons. The number of benzene rings is 1. The molecule has 1 aromatic carbocycles. The molecule has 0 atom stereocenters. The number of H-pyrrole nitrogens is 1. The molecule has 3 N–H and O–H groups in total. The summed E-state index contributed by atoms with van der Waals surface area (Å²) in [5.74, 6) is 1.23. The van der Waals surface area contributed by atoms with E-state index in [4.69, 9.17) is 0 Å². The van der Waals surface area contributed by atoms with Crippen LogP contribution in [0.4, 0.5) is 13.2 Å². The lowest BCUT2D eigenvalue weighted by Crippen LogP contribution is -2.42. The van der Waals surface area contributed by atoms with Crippen LogP contribution < -0.4 is 10.6 Å². The van der Waals surface area contributed by atoms with Crippen molar-refractivity contribution in [2.45, 2.75) is 31.9 Å². The number of fused-ring (bicyclic) bond motifs is 1. The molecular weight excluding hydrogens is 379 g/mol. The van der Waals surface area contributed by atoms with Gasteiger partial charge in [-0.05, 0) is 56.3 Å². The van der Waals surface area contributed by atoms with Crippen LogP contribution in [0.15, 0.2) is 35.5 Å². The van der Waals surface area contributed by atoms with Gasteiger partial charge in [-0.25, -0.2) is 0 Å². The van der Waals surface area contributed by atoms with E-state index in [-0.39, 0.29) is 0 Å². The smallest absolute Gasteiger partial charge is 0.361 e. The molecule has 0 spiro atoms. The summed E-state index contributed by atoms with van der Waals surface area (Å²) in [4.78, 5) is 9.05. The van der Waals surface area contributed by atoms with Gasteiger partial charge in [-0.3, -0.25) is 9.89 Å². The number of halogens is 3.